The third kappa shape index (κ3) is 2.64. The fourth-order valence-electron chi connectivity index (χ4n) is 3.23. The fourth-order valence-corrected chi connectivity index (χ4v) is 3.45. The number of halogens is 2. The Morgan fingerprint density at radius 2 is 2.04 bits per heavy atom. The molecule has 2 aromatic carbocycles. The van der Waals surface area contributed by atoms with Gasteiger partial charge in [0.05, 0.1) is 23.7 Å². The number of aromatic nitrogens is 2. The second kappa shape index (κ2) is 6.07. The van der Waals surface area contributed by atoms with E-state index < -0.39 is 0 Å². The van der Waals surface area contributed by atoms with Crippen LogP contribution < -0.4 is 4.90 Å². The first-order chi connectivity index (χ1) is 11.6. The van der Waals surface area contributed by atoms with E-state index in [-0.39, 0.29) is 11.9 Å². The van der Waals surface area contributed by atoms with E-state index in [1.807, 2.05) is 33.7 Å². The standard InChI is InChI=1S/C18H17ClFN3O/c19-14-4-3-5-15(20)13(14)11-23-17-7-2-1-6-16(17)21-18(23)22-9-8-12(24)10-22/h1-7,12,24H,8-11H2/t12-/m0/s1. The number of nitrogens with zero attached hydrogens (tertiary/aromatic N) is 3. The second-order valence-corrected chi connectivity index (χ2v) is 6.48. The van der Waals surface area contributed by atoms with Crippen LogP contribution >= 0.6 is 11.6 Å². The van der Waals surface area contributed by atoms with Crippen molar-refractivity contribution in [3.8, 4) is 0 Å². The molecule has 0 bridgehead atoms. The molecule has 1 aromatic heterocycles. The highest BCUT2D eigenvalue weighted by molar-refractivity contribution is 6.31. The van der Waals surface area contributed by atoms with E-state index >= 15 is 0 Å². The van der Waals surface area contributed by atoms with Crippen LogP contribution in [0.2, 0.25) is 5.02 Å². The number of benzene rings is 2. The number of hydrogen-bond acceptors (Lipinski definition) is 3. The van der Waals surface area contributed by atoms with Crippen LogP contribution in [0.3, 0.4) is 0 Å². The van der Waals surface area contributed by atoms with Crippen LogP contribution in [-0.2, 0) is 6.54 Å². The third-order valence-corrected chi connectivity index (χ3v) is 4.81. The van der Waals surface area contributed by atoms with E-state index in [4.69, 9.17) is 16.6 Å². The van der Waals surface area contributed by atoms with Crippen molar-refractivity contribution >= 4 is 28.6 Å². The molecule has 0 radical (unpaired) electrons. The van der Waals surface area contributed by atoms with E-state index in [1.54, 1.807) is 12.1 Å². The summed E-state index contributed by atoms with van der Waals surface area (Å²) < 4.78 is 16.2. The zero-order valence-electron chi connectivity index (χ0n) is 13.0. The van der Waals surface area contributed by atoms with Crippen molar-refractivity contribution in [1.82, 2.24) is 9.55 Å². The molecule has 3 aromatic rings. The zero-order valence-corrected chi connectivity index (χ0v) is 13.7. The van der Waals surface area contributed by atoms with Crippen molar-refractivity contribution in [2.75, 3.05) is 18.0 Å². The maximum atomic E-state index is 14.2. The van der Waals surface area contributed by atoms with E-state index in [9.17, 15) is 9.50 Å². The smallest absolute Gasteiger partial charge is 0.206 e. The lowest BCUT2D eigenvalue weighted by Gasteiger charge is -2.19. The minimum absolute atomic E-state index is 0.300. The molecule has 1 aliphatic heterocycles. The minimum Gasteiger partial charge on any atom is -0.391 e. The molecule has 0 saturated carbocycles. The molecule has 0 aliphatic carbocycles. The Morgan fingerprint density at radius 1 is 1.21 bits per heavy atom. The molecule has 1 aliphatic rings. The second-order valence-electron chi connectivity index (χ2n) is 6.08. The Labute approximate surface area is 144 Å². The molecule has 4 nitrogen and oxygen atoms in total. The summed E-state index contributed by atoms with van der Waals surface area (Å²) in [7, 11) is 0. The molecular weight excluding hydrogens is 329 g/mol. The van der Waals surface area contributed by atoms with Crippen LogP contribution in [0, 0.1) is 5.82 Å². The van der Waals surface area contributed by atoms with Crippen LogP contribution in [-0.4, -0.2) is 33.9 Å². The summed E-state index contributed by atoms with van der Waals surface area (Å²) in [5.41, 5.74) is 2.22. The molecule has 4 rings (SSSR count). The highest BCUT2D eigenvalue weighted by atomic mass is 35.5. The van der Waals surface area contributed by atoms with Gasteiger partial charge >= 0.3 is 0 Å². The molecule has 1 fully saturated rings. The number of anilines is 1. The first-order valence-corrected chi connectivity index (χ1v) is 8.32. The summed E-state index contributed by atoms with van der Waals surface area (Å²) in [5, 5.41) is 10.2. The summed E-state index contributed by atoms with van der Waals surface area (Å²) in [5.74, 6) is 0.416. The van der Waals surface area contributed by atoms with Gasteiger partial charge in [-0.25, -0.2) is 9.37 Å². The average Bonchev–Trinajstić information content (AvgIpc) is 3.15. The largest absolute Gasteiger partial charge is 0.391 e. The van der Waals surface area contributed by atoms with Gasteiger partial charge in [0.2, 0.25) is 5.95 Å². The van der Waals surface area contributed by atoms with Crippen LogP contribution in [0.4, 0.5) is 10.3 Å². The lowest BCUT2D eigenvalue weighted by molar-refractivity contribution is 0.198. The Bertz CT molecular complexity index is 875. The highest BCUT2D eigenvalue weighted by Gasteiger charge is 2.25. The Hall–Kier alpha value is -2.11. The number of hydrogen-bond donors (Lipinski definition) is 1. The predicted molar refractivity (Wildman–Crippen MR) is 93.1 cm³/mol. The number of fused-ring (bicyclic) bond motifs is 1. The Kier molecular flexibility index (Phi) is 3.90. The lowest BCUT2D eigenvalue weighted by atomic mass is 10.2. The van der Waals surface area contributed by atoms with Gasteiger partial charge in [-0.15, -0.1) is 0 Å². The number of para-hydroxylation sites is 2. The number of imidazole rings is 1. The first-order valence-electron chi connectivity index (χ1n) is 7.94. The summed E-state index contributed by atoms with van der Waals surface area (Å²) in [4.78, 5) is 6.74. The van der Waals surface area contributed by atoms with Gasteiger partial charge < -0.3 is 14.6 Å². The summed E-state index contributed by atoms with van der Waals surface area (Å²) in [6.45, 7) is 1.57. The number of rotatable bonds is 3. The monoisotopic (exact) mass is 345 g/mol. The molecule has 0 amide bonds. The fraction of sp³-hybridized carbons (Fsp3) is 0.278. The lowest BCUT2D eigenvalue weighted by Crippen LogP contribution is -2.25. The number of aliphatic hydroxyl groups excluding tert-OH is 1. The number of β-amino-alcohol motifs (C(OH)–C–C–N with tert-alkyl or cyclic N) is 1. The molecule has 0 unspecified atom stereocenters. The Balaban J connectivity index is 1.83. The predicted octanol–water partition coefficient (Wildman–Crippen LogP) is 3.45. The molecule has 124 valence electrons. The van der Waals surface area contributed by atoms with Crippen LogP contribution in [0.5, 0.6) is 0 Å². The summed E-state index contributed by atoms with van der Waals surface area (Å²) >= 11 is 6.21. The molecule has 1 N–H and O–H groups in total. The SMILES string of the molecule is O[C@H]1CCN(c2nc3ccccc3n2Cc2c(F)cccc2Cl)C1. The maximum absolute atomic E-state index is 14.2. The van der Waals surface area contributed by atoms with Crippen molar-refractivity contribution in [3.63, 3.8) is 0 Å². The molecule has 1 saturated heterocycles. The molecular formula is C18H17ClFN3O. The van der Waals surface area contributed by atoms with Crippen molar-refractivity contribution < 1.29 is 9.50 Å². The van der Waals surface area contributed by atoms with Gasteiger partial charge in [0.15, 0.2) is 0 Å². The van der Waals surface area contributed by atoms with E-state index in [1.165, 1.54) is 6.07 Å². The maximum Gasteiger partial charge on any atom is 0.206 e. The molecule has 6 heteroatoms. The number of aliphatic hydroxyl groups is 1. The van der Waals surface area contributed by atoms with Gasteiger partial charge in [0.1, 0.15) is 5.82 Å². The van der Waals surface area contributed by atoms with E-state index in [0.29, 0.717) is 30.1 Å². The van der Waals surface area contributed by atoms with Crippen LogP contribution in [0.15, 0.2) is 42.5 Å². The van der Waals surface area contributed by atoms with Crippen molar-refractivity contribution in [3.05, 3.63) is 58.9 Å². The van der Waals surface area contributed by atoms with Crippen molar-refractivity contribution in [2.24, 2.45) is 0 Å². The van der Waals surface area contributed by atoms with Gasteiger partial charge in [-0.2, -0.15) is 0 Å². The van der Waals surface area contributed by atoms with Gasteiger partial charge in [-0.3, -0.25) is 0 Å². The van der Waals surface area contributed by atoms with Gasteiger partial charge in [-0.1, -0.05) is 29.8 Å². The summed E-state index contributed by atoms with van der Waals surface area (Å²) in [6.07, 6.45) is 0.360. The normalized spacial score (nSPS) is 17.8. The van der Waals surface area contributed by atoms with Gasteiger partial charge in [0, 0.05) is 23.7 Å². The average molecular weight is 346 g/mol. The van der Waals surface area contributed by atoms with E-state index in [0.717, 1.165) is 23.5 Å². The summed E-state index contributed by atoms with van der Waals surface area (Å²) in [6, 6.07) is 12.5. The third-order valence-electron chi connectivity index (χ3n) is 4.46. The van der Waals surface area contributed by atoms with Crippen molar-refractivity contribution in [2.45, 2.75) is 19.1 Å². The topological polar surface area (TPSA) is 41.3 Å². The van der Waals surface area contributed by atoms with Crippen molar-refractivity contribution in [1.29, 1.82) is 0 Å². The first kappa shape index (κ1) is 15.4. The molecule has 1 atom stereocenters. The minimum atomic E-state index is -0.352. The molecule has 24 heavy (non-hydrogen) atoms. The quantitative estimate of drug-likeness (QED) is 0.790. The Morgan fingerprint density at radius 3 is 2.79 bits per heavy atom. The zero-order chi connectivity index (χ0) is 16.7. The van der Waals surface area contributed by atoms with Gasteiger partial charge in [0.25, 0.3) is 0 Å². The van der Waals surface area contributed by atoms with Crippen LogP contribution in [0.1, 0.15) is 12.0 Å². The molecule has 0 spiro atoms. The van der Waals surface area contributed by atoms with Gasteiger partial charge in [-0.05, 0) is 30.7 Å². The van der Waals surface area contributed by atoms with Crippen LogP contribution in [0.25, 0.3) is 11.0 Å². The van der Waals surface area contributed by atoms with E-state index in [2.05, 4.69) is 0 Å². The highest BCUT2D eigenvalue weighted by Crippen LogP contribution is 2.29. The molecule has 2 heterocycles.